The van der Waals surface area contributed by atoms with Crippen molar-refractivity contribution in [1.29, 1.82) is 0 Å². The Kier molecular flexibility index (Phi) is 2.17. The van der Waals surface area contributed by atoms with Crippen LogP contribution in [-0.2, 0) is 11.4 Å². The van der Waals surface area contributed by atoms with Crippen LogP contribution in [0, 0.1) is 17.8 Å². The fraction of sp³-hybridized carbons (Fsp3) is 0.700. The number of nitrogens with one attached hydrogen (secondary N) is 2. The van der Waals surface area contributed by atoms with Crippen molar-refractivity contribution in [3.05, 3.63) is 5.82 Å². The molecule has 0 bridgehead atoms. The van der Waals surface area contributed by atoms with E-state index in [0.717, 1.165) is 12.3 Å². The standard InChI is InChI=1S/C10H14N4O2/c15-4-8-11-10(14-13-8)12-9(16)6-2-1-5-3-7(5)6/h5-7,15H,1-4H2,(H2,11,12,13,14,16)/t5-,6-,7+/m1/s1. The number of aliphatic hydroxyl groups excluding tert-OH is 1. The van der Waals surface area contributed by atoms with E-state index < -0.39 is 0 Å². The van der Waals surface area contributed by atoms with Crippen molar-refractivity contribution in [1.82, 2.24) is 15.2 Å². The van der Waals surface area contributed by atoms with Crippen LogP contribution in [0.1, 0.15) is 25.1 Å². The third-order valence-electron chi connectivity index (χ3n) is 3.60. The second kappa shape index (κ2) is 3.55. The van der Waals surface area contributed by atoms with Gasteiger partial charge in [0.2, 0.25) is 11.9 Å². The molecule has 0 spiro atoms. The molecule has 2 aliphatic carbocycles. The molecule has 1 heterocycles. The fourth-order valence-electron chi connectivity index (χ4n) is 2.65. The van der Waals surface area contributed by atoms with Gasteiger partial charge in [-0.2, -0.15) is 4.98 Å². The zero-order chi connectivity index (χ0) is 11.1. The van der Waals surface area contributed by atoms with Crippen LogP contribution in [0.25, 0.3) is 0 Å². The number of anilines is 1. The van der Waals surface area contributed by atoms with E-state index in [1.807, 2.05) is 0 Å². The molecule has 1 aromatic heterocycles. The molecule has 0 radical (unpaired) electrons. The number of nitrogens with zero attached hydrogens (tertiary/aromatic N) is 2. The van der Waals surface area contributed by atoms with E-state index in [2.05, 4.69) is 20.5 Å². The number of hydrogen-bond donors (Lipinski definition) is 3. The summed E-state index contributed by atoms with van der Waals surface area (Å²) in [5.41, 5.74) is 0. The Balaban J connectivity index is 1.63. The Morgan fingerprint density at radius 1 is 1.56 bits per heavy atom. The molecule has 1 amide bonds. The van der Waals surface area contributed by atoms with Crippen molar-refractivity contribution in [3.8, 4) is 0 Å². The Labute approximate surface area is 92.5 Å². The molecule has 3 N–H and O–H groups in total. The van der Waals surface area contributed by atoms with E-state index in [0.29, 0.717) is 11.7 Å². The lowest BCUT2D eigenvalue weighted by molar-refractivity contribution is -0.120. The first-order valence-corrected chi connectivity index (χ1v) is 5.61. The second-order valence-corrected chi connectivity index (χ2v) is 4.60. The van der Waals surface area contributed by atoms with Crippen LogP contribution in [0.4, 0.5) is 5.95 Å². The molecule has 6 nitrogen and oxygen atoms in total. The average Bonchev–Trinajstić information content (AvgIpc) is 2.76. The number of amides is 1. The molecule has 2 aliphatic rings. The SMILES string of the molecule is O=C(Nc1n[nH]c(CO)n1)[C@@H]1CC[C@@H]2C[C@@H]21. The van der Waals surface area contributed by atoms with Crippen molar-refractivity contribution >= 4 is 11.9 Å². The normalized spacial score (nSPS) is 31.2. The summed E-state index contributed by atoms with van der Waals surface area (Å²) in [7, 11) is 0. The van der Waals surface area contributed by atoms with E-state index in [1.54, 1.807) is 0 Å². The number of carbonyl (C=O) groups is 1. The maximum atomic E-state index is 11.9. The number of aliphatic hydroxyl groups is 1. The summed E-state index contributed by atoms with van der Waals surface area (Å²) in [5.74, 6) is 2.17. The number of carbonyl (C=O) groups excluding carboxylic acids is 1. The van der Waals surface area contributed by atoms with Gasteiger partial charge in [0.1, 0.15) is 6.61 Å². The summed E-state index contributed by atoms with van der Waals surface area (Å²) in [6.45, 7) is -0.197. The Morgan fingerprint density at radius 3 is 3.00 bits per heavy atom. The highest BCUT2D eigenvalue weighted by Crippen LogP contribution is 2.55. The maximum Gasteiger partial charge on any atom is 0.248 e. The van der Waals surface area contributed by atoms with Gasteiger partial charge in [-0.05, 0) is 31.1 Å². The van der Waals surface area contributed by atoms with Crippen molar-refractivity contribution < 1.29 is 9.90 Å². The van der Waals surface area contributed by atoms with E-state index in [4.69, 9.17) is 5.11 Å². The third kappa shape index (κ3) is 1.59. The predicted octanol–water partition coefficient (Wildman–Crippen LogP) is 0.282. The minimum absolute atomic E-state index is 0.0217. The van der Waals surface area contributed by atoms with Crippen molar-refractivity contribution in [2.75, 3.05) is 5.32 Å². The summed E-state index contributed by atoms with van der Waals surface area (Å²) in [6, 6.07) is 0. The number of rotatable bonds is 3. The van der Waals surface area contributed by atoms with Gasteiger partial charge in [-0.25, -0.2) is 0 Å². The summed E-state index contributed by atoms with van der Waals surface area (Å²) < 4.78 is 0. The van der Waals surface area contributed by atoms with Crippen LogP contribution in [0.3, 0.4) is 0 Å². The largest absolute Gasteiger partial charge is 0.388 e. The first kappa shape index (κ1) is 9.77. The molecule has 0 aliphatic heterocycles. The zero-order valence-corrected chi connectivity index (χ0v) is 8.81. The van der Waals surface area contributed by atoms with Crippen LogP contribution in [0.2, 0.25) is 0 Å². The number of aromatic nitrogens is 3. The zero-order valence-electron chi connectivity index (χ0n) is 8.81. The smallest absolute Gasteiger partial charge is 0.248 e. The highest BCUT2D eigenvalue weighted by molar-refractivity contribution is 5.91. The Hall–Kier alpha value is -1.43. The van der Waals surface area contributed by atoms with E-state index in [-0.39, 0.29) is 24.4 Å². The number of hydrogen-bond acceptors (Lipinski definition) is 4. The van der Waals surface area contributed by atoms with Gasteiger partial charge in [-0.3, -0.25) is 15.2 Å². The van der Waals surface area contributed by atoms with Gasteiger partial charge in [-0.15, -0.1) is 5.10 Å². The van der Waals surface area contributed by atoms with Gasteiger partial charge in [0, 0.05) is 5.92 Å². The number of aromatic amines is 1. The van der Waals surface area contributed by atoms with Crippen LogP contribution in [-0.4, -0.2) is 26.2 Å². The number of H-pyrrole nitrogens is 1. The second-order valence-electron chi connectivity index (χ2n) is 4.60. The third-order valence-corrected chi connectivity index (χ3v) is 3.60. The maximum absolute atomic E-state index is 11.9. The summed E-state index contributed by atoms with van der Waals surface area (Å²) >= 11 is 0. The number of fused-ring (bicyclic) bond motifs is 1. The molecular weight excluding hydrogens is 208 g/mol. The molecule has 2 saturated carbocycles. The molecule has 0 unspecified atom stereocenters. The van der Waals surface area contributed by atoms with Gasteiger partial charge >= 0.3 is 0 Å². The van der Waals surface area contributed by atoms with Gasteiger partial charge < -0.3 is 5.11 Å². The minimum Gasteiger partial charge on any atom is -0.388 e. The van der Waals surface area contributed by atoms with Gasteiger partial charge in [0.05, 0.1) is 0 Å². The van der Waals surface area contributed by atoms with Crippen LogP contribution >= 0.6 is 0 Å². The molecule has 1 aromatic rings. The van der Waals surface area contributed by atoms with Crippen molar-refractivity contribution in [2.24, 2.45) is 17.8 Å². The van der Waals surface area contributed by atoms with E-state index in [1.165, 1.54) is 12.8 Å². The fourth-order valence-corrected chi connectivity index (χ4v) is 2.65. The topological polar surface area (TPSA) is 90.9 Å². The Bertz CT molecular complexity index is 417. The first-order valence-electron chi connectivity index (χ1n) is 5.61. The highest BCUT2D eigenvalue weighted by Gasteiger charge is 2.50. The molecule has 0 saturated heterocycles. The van der Waals surface area contributed by atoms with Gasteiger partial charge in [-0.1, -0.05) is 0 Å². The van der Waals surface area contributed by atoms with Crippen molar-refractivity contribution in [2.45, 2.75) is 25.9 Å². The summed E-state index contributed by atoms with van der Waals surface area (Å²) in [5, 5.41) is 17.8. The van der Waals surface area contributed by atoms with Crippen LogP contribution in [0.15, 0.2) is 0 Å². The highest BCUT2D eigenvalue weighted by atomic mass is 16.3. The summed E-state index contributed by atoms with van der Waals surface area (Å²) in [6.07, 6.45) is 3.37. The Morgan fingerprint density at radius 2 is 2.44 bits per heavy atom. The lowest BCUT2D eigenvalue weighted by Crippen LogP contribution is -2.23. The van der Waals surface area contributed by atoms with E-state index in [9.17, 15) is 4.79 Å². The minimum atomic E-state index is -0.197. The van der Waals surface area contributed by atoms with Crippen LogP contribution in [0.5, 0.6) is 0 Å². The molecule has 0 aromatic carbocycles. The molecular formula is C10H14N4O2. The lowest BCUT2D eigenvalue weighted by Gasteiger charge is -2.09. The molecule has 86 valence electrons. The molecule has 3 atom stereocenters. The molecule has 3 rings (SSSR count). The summed E-state index contributed by atoms with van der Waals surface area (Å²) in [4.78, 5) is 15.8. The first-order chi connectivity index (χ1) is 7.78. The lowest BCUT2D eigenvalue weighted by atomic mass is 10.0. The predicted molar refractivity (Wildman–Crippen MR) is 55.3 cm³/mol. The van der Waals surface area contributed by atoms with E-state index >= 15 is 0 Å². The van der Waals surface area contributed by atoms with Gasteiger partial charge in [0.25, 0.3) is 0 Å². The van der Waals surface area contributed by atoms with Crippen molar-refractivity contribution in [3.63, 3.8) is 0 Å². The molecule has 16 heavy (non-hydrogen) atoms. The molecule has 2 fully saturated rings. The molecule has 6 heteroatoms. The average molecular weight is 222 g/mol. The van der Waals surface area contributed by atoms with Crippen LogP contribution < -0.4 is 5.32 Å². The van der Waals surface area contributed by atoms with Gasteiger partial charge in [0.15, 0.2) is 5.82 Å². The quantitative estimate of drug-likeness (QED) is 0.685. The monoisotopic (exact) mass is 222 g/mol.